The molecule has 0 radical (unpaired) electrons. The molecule has 0 aliphatic carbocycles. The van der Waals surface area contributed by atoms with Gasteiger partial charge in [0.05, 0.1) is 11.9 Å². The van der Waals surface area contributed by atoms with Crippen molar-refractivity contribution in [2.24, 2.45) is 0 Å². The highest BCUT2D eigenvalue weighted by Crippen LogP contribution is 1.97. The van der Waals surface area contributed by atoms with Crippen molar-refractivity contribution in [1.29, 1.82) is 0 Å². The van der Waals surface area contributed by atoms with Crippen LogP contribution in [0, 0.1) is 0 Å². The van der Waals surface area contributed by atoms with Crippen molar-refractivity contribution in [2.45, 2.75) is 40.2 Å². The molecule has 0 atom stereocenters. The summed E-state index contributed by atoms with van der Waals surface area (Å²) in [5.74, 6) is 0. The van der Waals surface area contributed by atoms with Crippen molar-refractivity contribution >= 4 is 21.7 Å². The van der Waals surface area contributed by atoms with Gasteiger partial charge in [-0.1, -0.05) is 13.8 Å². The van der Waals surface area contributed by atoms with Gasteiger partial charge in [-0.05, 0) is 39.9 Å². The zero-order valence-electron chi connectivity index (χ0n) is 12.9. The van der Waals surface area contributed by atoms with Gasteiger partial charge in [0, 0.05) is 12.6 Å². The van der Waals surface area contributed by atoms with Crippen molar-refractivity contribution in [3.8, 4) is 0 Å². The topological polar surface area (TPSA) is 69.7 Å². The van der Waals surface area contributed by atoms with Crippen LogP contribution in [-0.2, 0) is 10.3 Å². The summed E-state index contributed by atoms with van der Waals surface area (Å²) in [5, 5.41) is 3.92. The number of rotatable bonds is 9. The van der Waals surface area contributed by atoms with Gasteiger partial charge >= 0.3 is 6.03 Å². The lowest BCUT2D eigenvalue weighted by molar-refractivity contribution is 0.192. The number of carbonyl (C=O) groups is 1. The zero-order valence-corrected chi connectivity index (χ0v) is 13.7. The molecule has 0 aliphatic heterocycles. The van der Waals surface area contributed by atoms with Crippen molar-refractivity contribution in [3.63, 3.8) is 0 Å². The van der Waals surface area contributed by atoms with Crippen molar-refractivity contribution in [3.05, 3.63) is 0 Å². The monoisotopic (exact) mass is 305 g/mol. The lowest BCUT2D eigenvalue weighted by atomic mass is 10.3. The van der Waals surface area contributed by atoms with Crippen LogP contribution in [0.25, 0.3) is 0 Å². The van der Waals surface area contributed by atoms with E-state index < -0.39 is 10.3 Å². The summed E-state index contributed by atoms with van der Waals surface area (Å²) in [4.78, 5) is 15.7. The molecule has 6 nitrogen and oxygen atoms in total. The van der Waals surface area contributed by atoms with Gasteiger partial charge in [-0.25, -0.2) is 4.79 Å². The lowest BCUT2D eigenvalue weighted by Gasteiger charge is -2.25. The Morgan fingerprint density at radius 3 is 2.30 bits per heavy atom. The van der Waals surface area contributed by atoms with E-state index in [2.05, 4.69) is 24.1 Å². The fraction of sp³-hybridized carbons (Fsp3) is 0.846. The number of hydrogen-bond acceptors (Lipinski definition) is 4. The van der Waals surface area contributed by atoms with Gasteiger partial charge in [0.1, 0.15) is 0 Å². The average molecular weight is 305 g/mol. The number of amides is 2. The van der Waals surface area contributed by atoms with E-state index in [0.717, 1.165) is 31.4 Å². The third-order valence-electron chi connectivity index (χ3n) is 3.11. The largest absolute Gasteiger partial charge is 0.338 e. The first-order chi connectivity index (χ1) is 9.42. The Kier molecular flexibility index (Phi) is 10.1. The highest BCUT2D eigenvalue weighted by molar-refractivity contribution is 7.71. The molecule has 2 amide bonds. The van der Waals surface area contributed by atoms with Crippen molar-refractivity contribution < 1.29 is 13.2 Å². The van der Waals surface area contributed by atoms with Crippen LogP contribution in [0.5, 0.6) is 0 Å². The first-order valence-corrected chi connectivity index (χ1v) is 8.24. The first-order valence-electron chi connectivity index (χ1n) is 7.10. The van der Waals surface area contributed by atoms with E-state index in [0.29, 0.717) is 6.54 Å². The van der Waals surface area contributed by atoms with E-state index in [1.54, 1.807) is 0 Å². The van der Waals surface area contributed by atoms with Crippen LogP contribution in [0.2, 0.25) is 0 Å². The molecule has 0 fully saturated rings. The minimum Gasteiger partial charge on any atom is -0.338 e. The van der Waals surface area contributed by atoms with Crippen LogP contribution in [-0.4, -0.2) is 68.4 Å². The normalized spacial score (nSPS) is 10.7. The Morgan fingerprint density at radius 1 is 1.25 bits per heavy atom. The van der Waals surface area contributed by atoms with Gasteiger partial charge in [-0.3, -0.25) is 0 Å². The Balaban J connectivity index is 4.17. The van der Waals surface area contributed by atoms with Gasteiger partial charge < -0.3 is 15.1 Å². The summed E-state index contributed by atoms with van der Waals surface area (Å²) in [5.41, 5.74) is 0. The molecule has 0 aromatic heterocycles. The quantitative estimate of drug-likeness (QED) is 0.506. The van der Waals surface area contributed by atoms with Crippen LogP contribution in [0.4, 0.5) is 4.79 Å². The third-order valence-corrected chi connectivity index (χ3v) is 3.53. The maximum absolute atomic E-state index is 12.0. The second-order valence-corrected chi connectivity index (χ2v) is 5.64. The van der Waals surface area contributed by atoms with Gasteiger partial charge in [0.2, 0.25) is 10.3 Å². The molecular formula is C13H27N3O3S. The molecule has 0 saturated carbocycles. The number of urea groups is 1. The van der Waals surface area contributed by atoms with Gasteiger partial charge in [-0.15, -0.1) is 0 Å². The molecule has 0 aromatic carbocycles. The molecule has 7 heteroatoms. The maximum Gasteiger partial charge on any atom is 0.317 e. The third kappa shape index (κ3) is 8.16. The SMILES string of the molecule is CCN(CC)CCCNC(=O)N(CC=S(=O)=O)C(C)C. The predicted molar refractivity (Wildman–Crippen MR) is 82.6 cm³/mol. The molecule has 20 heavy (non-hydrogen) atoms. The van der Waals surface area contributed by atoms with Crippen LogP contribution in [0.1, 0.15) is 34.1 Å². The Labute approximate surface area is 123 Å². The first kappa shape index (κ1) is 18.9. The summed E-state index contributed by atoms with van der Waals surface area (Å²) in [7, 11) is -2.24. The molecule has 0 rings (SSSR count). The lowest BCUT2D eigenvalue weighted by Crippen LogP contribution is -2.45. The van der Waals surface area contributed by atoms with E-state index in [1.807, 2.05) is 13.8 Å². The fourth-order valence-electron chi connectivity index (χ4n) is 1.81. The number of nitrogens with zero attached hydrogens (tertiary/aromatic N) is 2. The average Bonchev–Trinajstić information content (AvgIpc) is 2.38. The summed E-state index contributed by atoms with van der Waals surface area (Å²) >= 11 is 0. The smallest absolute Gasteiger partial charge is 0.317 e. The van der Waals surface area contributed by atoms with E-state index >= 15 is 0 Å². The number of carbonyl (C=O) groups excluding carboxylic acids is 1. The molecule has 0 aliphatic rings. The molecule has 0 unspecified atom stereocenters. The van der Waals surface area contributed by atoms with Gasteiger partial charge in [0.25, 0.3) is 0 Å². The highest BCUT2D eigenvalue weighted by atomic mass is 32.2. The minimum atomic E-state index is -2.24. The van der Waals surface area contributed by atoms with Crippen LogP contribution >= 0.6 is 0 Å². The fourth-order valence-corrected chi connectivity index (χ4v) is 2.09. The molecule has 1 N–H and O–H groups in total. The van der Waals surface area contributed by atoms with Crippen LogP contribution < -0.4 is 5.32 Å². The Hall–Kier alpha value is -1.08. The summed E-state index contributed by atoms with van der Waals surface area (Å²) in [6.45, 7) is 11.6. The predicted octanol–water partition coefficient (Wildman–Crippen LogP) is 0.820. The summed E-state index contributed by atoms with van der Waals surface area (Å²) in [6.07, 6.45) is 0.885. The number of nitrogens with one attached hydrogen (secondary N) is 1. The van der Waals surface area contributed by atoms with Crippen molar-refractivity contribution in [2.75, 3.05) is 32.7 Å². The van der Waals surface area contributed by atoms with Crippen molar-refractivity contribution in [1.82, 2.24) is 15.1 Å². The minimum absolute atomic E-state index is 0.0439. The highest BCUT2D eigenvalue weighted by Gasteiger charge is 2.15. The molecule has 0 aromatic rings. The molecule has 0 bridgehead atoms. The molecule has 0 saturated heterocycles. The summed E-state index contributed by atoms with van der Waals surface area (Å²) in [6, 6.07) is -0.265. The van der Waals surface area contributed by atoms with E-state index in [4.69, 9.17) is 0 Å². The van der Waals surface area contributed by atoms with E-state index in [9.17, 15) is 13.2 Å². The van der Waals surface area contributed by atoms with Crippen LogP contribution in [0.3, 0.4) is 0 Å². The zero-order chi connectivity index (χ0) is 15.5. The number of hydrogen-bond donors (Lipinski definition) is 1. The second kappa shape index (κ2) is 10.7. The molecule has 0 spiro atoms. The standard InChI is InChI=1S/C13H27N3O3S/c1-5-15(6-2)9-7-8-14-13(17)16(12(3)4)10-11-20(18)19/h11-12H,5-10H2,1-4H3,(H,14,17). The maximum atomic E-state index is 12.0. The van der Waals surface area contributed by atoms with Gasteiger partial charge in [0.15, 0.2) is 0 Å². The molecular weight excluding hydrogens is 278 g/mol. The second-order valence-electron chi connectivity index (χ2n) is 4.79. The molecule has 0 heterocycles. The van der Waals surface area contributed by atoms with Crippen LogP contribution in [0.15, 0.2) is 0 Å². The van der Waals surface area contributed by atoms with E-state index in [1.165, 1.54) is 4.90 Å². The Morgan fingerprint density at radius 2 is 1.85 bits per heavy atom. The van der Waals surface area contributed by atoms with E-state index in [-0.39, 0.29) is 18.6 Å². The van der Waals surface area contributed by atoms with Gasteiger partial charge in [-0.2, -0.15) is 8.42 Å². The summed E-state index contributed by atoms with van der Waals surface area (Å²) < 4.78 is 21.1. The molecule has 118 valence electrons. The Bertz CT molecular complexity index is 395.